The number of nitriles is 1. The molecule has 0 spiro atoms. The highest BCUT2D eigenvalue weighted by Gasteiger charge is 2.11. The minimum atomic E-state index is -0.0167. The average Bonchev–Trinajstić information content (AvgIpc) is 2.39. The third-order valence-electron chi connectivity index (χ3n) is 3.20. The molecule has 0 saturated heterocycles. The molecule has 0 unspecified atom stereocenters. The van der Waals surface area contributed by atoms with Crippen LogP contribution in [0.1, 0.15) is 17.9 Å². The molecule has 2 aromatic rings. The van der Waals surface area contributed by atoms with E-state index < -0.39 is 0 Å². The first-order valence-corrected chi connectivity index (χ1v) is 6.24. The van der Waals surface area contributed by atoms with Gasteiger partial charge in [-0.15, -0.1) is 0 Å². The maximum Gasteiger partial charge on any atom is 0.0725 e. The molecule has 0 saturated carbocycles. The minimum Gasteiger partial charge on any atom is -0.309 e. The minimum absolute atomic E-state index is 0.0167. The van der Waals surface area contributed by atoms with Crippen LogP contribution in [-0.2, 0) is 0 Å². The summed E-state index contributed by atoms with van der Waals surface area (Å²) in [4.78, 5) is 2.12. The molecule has 2 rings (SSSR count). The van der Waals surface area contributed by atoms with Gasteiger partial charge in [-0.1, -0.05) is 36.4 Å². The summed E-state index contributed by atoms with van der Waals surface area (Å²) in [7, 11) is 4.07. The van der Waals surface area contributed by atoms with E-state index in [0.29, 0.717) is 0 Å². The molecule has 0 aromatic heterocycles. The summed E-state index contributed by atoms with van der Waals surface area (Å²) in [6.45, 7) is 0.936. The van der Waals surface area contributed by atoms with Crippen LogP contribution in [0.2, 0.25) is 0 Å². The van der Waals surface area contributed by atoms with Crippen molar-refractivity contribution in [1.82, 2.24) is 4.90 Å². The molecule has 18 heavy (non-hydrogen) atoms. The number of nitrogens with zero attached hydrogens (tertiary/aromatic N) is 2. The highest BCUT2D eigenvalue weighted by molar-refractivity contribution is 5.83. The topological polar surface area (TPSA) is 27.0 Å². The van der Waals surface area contributed by atoms with Gasteiger partial charge in [0.25, 0.3) is 0 Å². The van der Waals surface area contributed by atoms with Crippen molar-refractivity contribution in [2.75, 3.05) is 20.6 Å². The van der Waals surface area contributed by atoms with Crippen molar-refractivity contribution in [3.05, 3.63) is 48.0 Å². The zero-order valence-corrected chi connectivity index (χ0v) is 10.9. The zero-order valence-electron chi connectivity index (χ0n) is 10.9. The summed E-state index contributed by atoms with van der Waals surface area (Å²) in [5, 5.41) is 11.7. The highest BCUT2D eigenvalue weighted by Crippen LogP contribution is 2.23. The van der Waals surface area contributed by atoms with Gasteiger partial charge in [0.05, 0.1) is 12.0 Å². The average molecular weight is 238 g/mol. The maximum atomic E-state index is 9.30. The van der Waals surface area contributed by atoms with Crippen molar-refractivity contribution < 1.29 is 0 Å². The van der Waals surface area contributed by atoms with Gasteiger partial charge < -0.3 is 4.90 Å². The lowest BCUT2D eigenvalue weighted by Crippen LogP contribution is -2.15. The standard InChI is InChI=1S/C16H18N2/c1-18(2)10-9-16(12-17)15-8-7-13-5-3-4-6-14(13)11-15/h3-8,11,16H,9-10H2,1-2H3/t16-/m0/s1. The lowest BCUT2D eigenvalue weighted by Gasteiger charge is -2.14. The van der Waals surface area contributed by atoms with Crippen LogP contribution in [0.3, 0.4) is 0 Å². The van der Waals surface area contributed by atoms with E-state index in [9.17, 15) is 5.26 Å². The van der Waals surface area contributed by atoms with E-state index in [1.165, 1.54) is 10.8 Å². The predicted molar refractivity (Wildman–Crippen MR) is 75.5 cm³/mol. The summed E-state index contributed by atoms with van der Waals surface area (Å²) in [6.07, 6.45) is 0.877. The molecule has 0 fully saturated rings. The number of hydrogen-bond acceptors (Lipinski definition) is 2. The fourth-order valence-electron chi connectivity index (χ4n) is 2.12. The van der Waals surface area contributed by atoms with Gasteiger partial charge in [0.15, 0.2) is 0 Å². The molecule has 2 aromatic carbocycles. The van der Waals surface area contributed by atoms with Crippen LogP contribution in [0.4, 0.5) is 0 Å². The Morgan fingerprint density at radius 2 is 1.83 bits per heavy atom. The van der Waals surface area contributed by atoms with Crippen LogP contribution < -0.4 is 0 Å². The zero-order chi connectivity index (χ0) is 13.0. The van der Waals surface area contributed by atoms with Crippen LogP contribution in [0.25, 0.3) is 10.8 Å². The summed E-state index contributed by atoms with van der Waals surface area (Å²) < 4.78 is 0. The van der Waals surface area contributed by atoms with Gasteiger partial charge in [-0.25, -0.2) is 0 Å². The van der Waals surface area contributed by atoms with Gasteiger partial charge in [-0.3, -0.25) is 0 Å². The van der Waals surface area contributed by atoms with Crippen LogP contribution in [0.5, 0.6) is 0 Å². The van der Waals surface area contributed by atoms with Crippen molar-refractivity contribution in [1.29, 1.82) is 5.26 Å². The first-order chi connectivity index (χ1) is 8.70. The normalized spacial score (nSPS) is 12.6. The van der Waals surface area contributed by atoms with Gasteiger partial charge in [-0.05, 0) is 49.5 Å². The molecule has 0 heterocycles. The summed E-state index contributed by atoms with van der Waals surface area (Å²) in [5.74, 6) is -0.0167. The fraction of sp³-hybridized carbons (Fsp3) is 0.312. The molecular formula is C16H18N2. The van der Waals surface area contributed by atoms with Gasteiger partial charge in [-0.2, -0.15) is 5.26 Å². The number of hydrogen-bond donors (Lipinski definition) is 0. The fourth-order valence-corrected chi connectivity index (χ4v) is 2.12. The van der Waals surface area contributed by atoms with Crippen molar-refractivity contribution in [2.45, 2.75) is 12.3 Å². The van der Waals surface area contributed by atoms with Gasteiger partial charge in [0.1, 0.15) is 0 Å². The van der Waals surface area contributed by atoms with E-state index in [1.807, 2.05) is 26.2 Å². The molecular weight excluding hydrogens is 220 g/mol. The first-order valence-electron chi connectivity index (χ1n) is 6.24. The summed E-state index contributed by atoms with van der Waals surface area (Å²) >= 11 is 0. The van der Waals surface area contributed by atoms with Gasteiger partial charge >= 0.3 is 0 Å². The van der Waals surface area contributed by atoms with E-state index in [2.05, 4.69) is 41.3 Å². The van der Waals surface area contributed by atoms with E-state index in [4.69, 9.17) is 0 Å². The second-order valence-corrected chi connectivity index (χ2v) is 4.88. The Bertz CT molecular complexity index is 567. The monoisotopic (exact) mass is 238 g/mol. The van der Waals surface area contributed by atoms with E-state index >= 15 is 0 Å². The molecule has 0 aliphatic carbocycles. The second-order valence-electron chi connectivity index (χ2n) is 4.88. The summed E-state index contributed by atoms with van der Waals surface area (Å²) in [5.41, 5.74) is 1.12. The van der Waals surface area contributed by atoms with E-state index in [-0.39, 0.29) is 5.92 Å². The van der Waals surface area contributed by atoms with Crippen molar-refractivity contribution >= 4 is 10.8 Å². The molecule has 0 N–H and O–H groups in total. The molecule has 0 radical (unpaired) electrons. The molecule has 0 aliphatic rings. The molecule has 0 bridgehead atoms. The Morgan fingerprint density at radius 3 is 2.50 bits per heavy atom. The van der Waals surface area contributed by atoms with E-state index in [1.54, 1.807) is 0 Å². The molecule has 2 nitrogen and oxygen atoms in total. The molecule has 0 amide bonds. The largest absolute Gasteiger partial charge is 0.309 e. The SMILES string of the molecule is CN(C)CC[C@@H](C#N)c1ccc2ccccc2c1. The smallest absolute Gasteiger partial charge is 0.0725 e. The molecule has 92 valence electrons. The second kappa shape index (κ2) is 5.66. The first kappa shape index (κ1) is 12.6. The summed E-state index contributed by atoms with van der Waals surface area (Å²) in [6, 6.07) is 17.0. The number of rotatable bonds is 4. The van der Waals surface area contributed by atoms with Crippen molar-refractivity contribution in [3.8, 4) is 6.07 Å². The van der Waals surface area contributed by atoms with Crippen molar-refractivity contribution in [3.63, 3.8) is 0 Å². The van der Waals surface area contributed by atoms with E-state index in [0.717, 1.165) is 18.5 Å². The van der Waals surface area contributed by atoms with Crippen molar-refractivity contribution in [2.24, 2.45) is 0 Å². The lowest BCUT2D eigenvalue weighted by molar-refractivity contribution is 0.393. The van der Waals surface area contributed by atoms with Crippen LogP contribution in [-0.4, -0.2) is 25.5 Å². The Morgan fingerprint density at radius 1 is 1.11 bits per heavy atom. The van der Waals surface area contributed by atoms with Gasteiger partial charge in [0.2, 0.25) is 0 Å². The third kappa shape index (κ3) is 2.88. The number of fused-ring (bicyclic) bond motifs is 1. The molecule has 2 heteroatoms. The number of benzene rings is 2. The predicted octanol–water partition coefficient (Wildman–Crippen LogP) is 3.40. The third-order valence-corrected chi connectivity index (χ3v) is 3.20. The lowest BCUT2D eigenvalue weighted by atomic mass is 9.94. The highest BCUT2D eigenvalue weighted by atomic mass is 15.0. The Hall–Kier alpha value is -1.85. The Kier molecular flexibility index (Phi) is 3.96. The Labute approximate surface area is 108 Å². The maximum absolute atomic E-state index is 9.30. The Balaban J connectivity index is 2.26. The quantitative estimate of drug-likeness (QED) is 0.816. The van der Waals surface area contributed by atoms with Crippen LogP contribution in [0, 0.1) is 11.3 Å². The van der Waals surface area contributed by atoms with Crippen LogP contribution in [0.15, 0.2) is 42.5 Å². The van der Waals surface area contributed by atoms with Crippen LogP contribution >= 0.6 is 0 Å². The molecule has 0 aliphatic heterocycles. The van der Waals surface area contributed by atoms with Gasteiger partial charge in [0, 0.05) is 0 Å². The molecule has 1 atom stereocenters.